The Balaban J connectivity index is 0.00000155. The predicted molar refractivity (Wildman–Crippen MR) is 111 cm³/mol. The van der Waals surface area contributed by atoms with Crippen molar-refractivity contribution in [2.45, 2.75) is 43.2 Å². The number of likely N-dealkylation sites (tertiary alicyclic amines) is 1. The maximum Gasteiger partial charge on any atom is 0.416 e. The van der Waals surface area contributed by atoms with E-state index in [0.29, 0.717) is 18.8 Å². The molecular formula is C22H26F3NO3S. The lowest BCUT2D eigenvalue weighted by molar-refractivity contribution is -0.137. The smallest absolute Gasteiger partial charge is 0.416 e. The highest BCUT2D eigenvalue weighted by Gasteiger charge is 2.31. The Hall–Kier alpha value is -2.19. The van der Waals surface area contributed by atoms with Gasteiger partial charge in [0.15, 0.2) is 6.61 Å². The van der Waals surface area contributed by atoms with Gasteiger partial charge < -0.3 is 14.7 Å². The van der Waals surface area contributed by atoms with Gasteiger partial charge in [-0.05, 0) is 48.4 Å². The topological polar surface area (TPSA) is 49.8 Å². The molecule has 2 aromatic carbocycles. The van der Waals surface area contributed by atoms with Gasteiger partial charge in [-0.1, -0.05) is 26.0 Å². The minimum absolute atomic E-state index is 0.0506. The number of benzene rings is 2. The summed E-state index contributed by atoms with van der Waals surface area (Å²) in [6.07, 6.45) is -3.55. The standard InChI is InChI=1S/C20H20F3NO3S.C2H6/c21-20(22,23)15-3-7-17(8-4-15)28-18-9-10-24(11-18)19(26)13-27-16-5-1-14(12-25)2-6-16;1-2/h1-8,18,25H,9-13H2;1-2H3. The number of alkyl halides is 3. The molecule has 1 amide bonds. The highest BCUT2D eigenvalue weighted by molar-refractivity contribution is 8.00. The van der Waals surface area contributed by atoms with Gasteiger partial charge in [-0.3, -0.25) is 4.79 Å². The molecule has 0 aromatic heterocycles. The van der Waals surface area contributed by atoms with Crippen LogP contribution < -0.4 is 4.74 Å². The molecule has 1 N–H and O–H groups in total. The molecule has 1 fully saturated rings. The second-order valence-corrected chi connectivity index (χ2v) is 7.85. The van der Waals surface area contributed by atoms with Gasteiger partial charge in [-0.2, -0.15) is 13.2 Å². The van der Waals surface area contributed by atoms with Crippen molar-refractivity contribution >= 4 is 17.7 Å². The average molecular weight is 442 g/mol. The van der Waals surface area contributed by atoms with Crippen LogP contribution in [0.25, 0.3) is 0 Å². The first-order valence-electron chi connectivity index (χ1n) is 9.79. The van der Waals surface area contributed by atoms with E-state index in [1.165, 1.54) is 23.9 Å². The summed E-state index contributed by atoms with van der Waals surface area (Å²) < 4.78 is 43.4. The number of carbonyl (C=O) groups excluding carboxylic acids is 1. The van der Waals surface area contributed by atoms with E-state index in [1.54, 1.807) is 29.2 Å². The van der Waals surface area contributed by atoms with Crippen LogP contribution in [0, 0.1) is 0 Å². The fourth-order valence-electron chi connectivity index (χ4n) is 2.89. The zero-order valence-corrected chi connectivity index (χ0v) is 17.8. The number of ether oxygens (including phenoxy) is 1. The summed E-state index contributed by atoms with van der Waals surface area (Å²) in [5, 5.41) is 9.16. The molecule has 4 nitrogen and oxygen atoms in total. The molecule has 164 valence electrons. The second-order valence-electron chi connectivity index (χ2n) is 6.48. The van der Waals surface area contributed by atoms with Crippen LogP contribution in [0.1, 0.15) is 31.4 Å². The van der Waals surface area contributed by atoms with Crippen LogP contribution in [0.2, 0.25) is 0 Å². The number of thioether (sulfide) groups is 1. The summed E-state index contributed by atoms with van der Waals surface area (Å²) in [6, 6.07) is 12.0. The number of aliphatic hydroxyl groups is 1. The summed E-state index contributed by atoms with van der Waals surface area (Å²) in [5.74, 6) is 0.433. The third-order valence-electron chi connectivity index (χ3n) is 4.45. The minimum Gasteiger partial charge on any atom is -0.484 e. The van der Waals surface area contributed by atoms with Gasteiger partial charge in [0.2, 0.25) is 0 Å². The van der Waals surface area contributed by atoms with Crippen molar-refractivity contribution < 1.29 is 27.8 Å². The third kappa shape index (κ3) is 6.95. The molecule has 1 heterocycles. The van der Waals surface area contributed by atoms with Gasteiger partial charge in [0, 0.05) is 23.2 Å². The van der Waals surface area contributed by atoms with E-state index in [-0.39, 0.29) is 24.4 Å². The van der Waals surface area contributed by atoms with E-state index in [1.807, 2.05) is 13.8 Å². The van der Waals surface area contributed by atoms with Crippen molar-refractivity contribution in [3.05, 3.63) is 59.7 Å². The van der Waals surface area contributed by atoms with E-state index in [0.717, 1.165) is 29.0 Å². The Morgan fingerprint density at radius 2 is 1.77 bits per heavy atom. The Kier molecular flexibility index (Phi) is 9.05. The molecule has 1 saturated heterocycles. The fourth-order valence-corrected chi connectivity index (χ4v) is 4.05. The monoisotopic (exact) mass is 441 g/mol. The molecular weight excluding hydrogens is 415 g/mol. The first-order chi connectivity index (χ1) is 14.3. The SMILES string of the molecule is CC.O=C(COc1ccc(CO)cc1)N1CCC(Sc2ccc(C(F)(F)F)cc2)C1. The molecule has 0 spiro atoms. The van der Waals surface area contributed by atoms with Crippen LogP contribution in [0.15, 0.2) is 53.4 Å². The molecule has 1 aliphatic rings. The molecule has 0 radical (unpaired) electrons. The van der Waals surface area contributed by atoms with E-state index in [4.69, 9.17) is 9.84 Å². The van der Waals surface area contributed by atoms with E-state index in [9.17, 15) is 18.0 Å². The van der Waals surface area contributed by atoms with Gasteiger partial charge in [-0.25, -0.2) is 0 Å². The lowest BCUT2D eigenvalue weighted by Crippen LogP contribution is -2.33. The number of amides is 1. The Morgan fingerprint density at radius 3 is 2.33 bits per heavy atom. The first-order valence-corrected chi connectivity index (χ1v) is 10.7. The molecule has 30 heavy (non-hydrogen) atoms. The lowest BCUT2D eigenvalue weighted by atomic mass is 10.2. The summed E-state index contributed by atoms with van der Waals surface area (Å²) >= 11 is 1.48. The number of aliphatic hydroxyl groups excluding tert-OH is 1. The van der Waals surface area contributed by atoms with Crippen LogP contribution in [-0.2, 0) is 17.6 Å². The van der Waals surface area contributed by atoms with Gasteiger partial charge in [0.05, 0.1) is 12.2 Å². The summed E-state index contributed by atoms with van der Waals surface area (Å²) in [7, 11) is 0. The van der Waals surface area contributed by atoms with E-state index < -0.39 is 11.7 Å². The van der Waals surface area contributed by atoms with Crippen LogP contribution in [0.5, 0.6) is 5.75 Å². The van der Waals surface area contributed by atoms with Gasteiger partial charge in [-0.15, -0.1) is 11.8 Å². The number of hydrogen-bond donors (Lipinski definition) is 1. The normalized spacial score (nSPS) is 16.1. The van der Waals surface area contributed by atoms with Crippen molar-refractivity contribution in [2.75, 3.05) is 19.7 Å². The average Bonchev–Trinajstić information content (AvgIpc) is 3.22. The van der Waals surface area contributed by atoms with Crippen molar-refractivity contribution in [1.29, 1.82) is 0 Å². The maximum absolute atomic E-state index is 12.6. The van der Waals surface area contributed by atoms with Crippen molar-refractivity contribution in [2.24, 2.45) is 0 Å². The highest BCUT2D eigenvalue weighted by atomic mass is 32.2. The fraction of sp³-hybridized carbons (Fsp3) is 0.409. The first kappa shape index (κ1) is 24.1. The highest BCUT2D eigenvalue weighted by Crippen LogP contribution is 2.33. The molecule has 1 atom stereocenters. The van der Waals surface area contributed by atoms with Crippen LogP contribution in [-0.4, -0.2) is 40.9 Å². The molecule has 1 aliphatic heterocycles. The number of nitrogens with zero attached hydrogens (tertiary/aromatic N) is 1. The molecule has 0 aliphatic carbocycles. The Labute approximate surface area is 179 Å². The quantitative estimate of drug-likeness (QED) is 0.686. The molecule has 0 bridgehead atoms. The zero-order chi connectivity index (χ0) is 22.1. The number of rotatable bonds is 6. The van der Waals surface area contributed by atoms with E-state index in [2.05, 4.69) is 0 Å². The van der Waals surface area contributed by atoms with Gasteiger partial charge in [0.25, 0.3) is 5.91 Å². The largest absolute Gasteiger partial charge is 0.484 e. The summed E-state index contributed by atoms with van der Waals surface area (Å²) in [6.45, 7) is 5.02. The molecule has 1 unspecified atom stereocenters. The number of halogens is 3. The molecule has 0 saturated carbocycles. The molecule has 2 aromatic rings. The minimum atomic E-state index is -4.34. The Morgan fingerprint density at radius 1 is 1.13 bits per heavy atom. The summed E-state index contributed by atoms with van der Waals surface area (Å²) in [4.78, 5) is 14.8. The van der Waals surface area contributed by atoms with Crippen molar-refractivity contribution in [1.82, 2.24) is 4.90 Å². The van der Waals surface area contributed by atoms with Gasteiger partial charge in [0.1, 0.15) is 5.75 Å². The van der Waals surface area contributed by atoms with Gasteiger partial charge >= 0.3 is 6.18 Å². The zero-order valence-electron chi connectivity index (χ0n) is 17.0. The number of carbonyl (C=O) groups is 1. The van der Waals surface area contributed by atoms with E-state index >= 15 is 0 Å². The van der Waals surface area contributed by atoms with Crippen LogP contribution >= 0.6 is 11.8 Å². The maximum atomic E-state index is 12.6. The second kappa shape index (κ2) is 11.3. The molecule has 3 rings (SSSR count). The predicted octanol–water partition coefficient (Wildman–Crippen LogP) is 5.00. The molecule has 8 heteroatoms. The summed E-state index contributed by atoms with van der Waals surface area (Å²) in [5.41, 5.74) is 0.102. The van der Waals surface area contributed by atoms with Crippen molar-refractivity contribution in [3.63, 3.8) is 0 Å². The lowest BCUT2D eigenvalue weighted by Gasteiger charge is -2.17. The van der Waals surface area contributed by atoms with Crippen molar-refractivity contribution in [3.8, 4) is 5.75 Å². The third-order valence-corrected chi connectivity index (χ3v) is 5.71. The Bertz CT molecular complexity index is 795. The van der Waals surface area contributed by atoms with Crippen LogP contribution in [0.4, 0.5) is 13.2 Å². The number of hydrogen-bond acceptors (Lipinski definition) is 4. The van der Waals surface area contributed by atoms with Crippen LogP contribution in [0.3, 0.4) is 0 Å².